The highest BCUT2D eigenvalue weighted by molar-refractivity contribution is 6.73. The molecule has 4 aliphatic rings. The van der Waals surface area contributed by atoms with Crippen molar-refractivity contribution in [3.8, 4) is 0 Å². The molecule has 7 atom stereocenters. The molecule has 2 heteroatoms. The van der Waals surface area contributed by atoms with Crippen molar-refractivity contribution < 1.29 is 0 Å². The molecule has 0 spiro atoms. The van der Waals surface area contributed by atoms with Crippen LogP contribution in [-0.2, 0) is 0 Å². The third-order valence-electron chi connectivity index (χ3n) is 8.24. The van der Waals surface area contributed by atoms with Gasteiger partial charge in [0.1, 0.15) is 8.24 Å². The van der Waals surface area contributed by atoms with Gasteiger partial charge in [-0.15, -0.1) is 0 Å². The van der Waals surface area contributed by atoms with Gasteiger partial charge in [-0.3, -0.25) is 0 Å². The van der Waals surface area contributed by atoms with Crippen molar-refractivity contribution >= 4 is 8.24 Å². The predicted octanol–water partition coefficient (Wildman–Crippen LogP) is 5.98. The number of rotatable bonds is 1. The van der Waals surface area contributed by atoms with Crippen molar-refractivity contribution in [2.24, 2.45) is 35.0 Å². The quantitative estimate of drug-likeness (QED) is 0.528. The molecule has 3 aliphatic carbocycles. The second-order valence-electron chi connectivity index (χ2n) is 11.6. The zero-order chi connectivity index (χ0) is 17.3. The topological polar surface area (TPSA) is 3.24 Å². The highest BCUT2D eigenvalue weighted by atomic mass is 28.3. The molecule has 0 bridgehead atoms. The van der Waals surface area contributed by atoms with Crippen molar-refractivity contribution in [1.82, 2.24) is 4.57 Å². The maximum Gasteiger partial charge on any atom is 0.119 e. The van der Waals surface area contributed by atoms with E-state index < -0.39 is 8.24 Å². The zero-order valence-corrected chi connectivity index (χ0v) is 18.0. The Hall–Kier alpha value is 0.177. The van der Waals surface area contributed by atoms with E-state index >= 15 is 0 Å². The third-order valence-corrected chi connectivity index (χ3v) is 10.4. The van der Waals surface area contributed by atoms with E-state index in [1.54, 1.807) is 0 Å². The molecule has 4 rings (SSSR count). The summed E-state index contributed by atoms with van der Waals surface area (Å²) in [5.74, 6) is 4.96. The summed E-state index contributed by atoms with van der Waals surface area (Å²) in [6, 6.07) is 1.77. The Bertz CT molecular complexity index is 473. The standard InChI is InChI=1S/C22H40NSi/c1-22(2,3)16-11-12-19-18(14-16)21-17-10-8-7-9-15(17)13-20(21)23(19)24(4,5)6/h13,15-21H,7-12,14H2,1-6H3. The first-order valence-electron chi connectivity index (χ1n) is 10.8. The van der Waals surface area contributed by atoms with Gasteiger partial charge >= 0.3 is 0 Å². The lowest BCUT2D eigenvalue weighted by Gasteiger charge is -2.47. The second kappa shape index (κ2) is 5.84. The maximum absolute atomic E-state index is 3.12. The van der Waals surface area contributed by atoms with Crippen molar-refractivity contribution in [2.75, 3.05) is 0 Å². The lowest BCUT2D eigenvalue weighted by molar-refractivity contribution is 0.0808. The Morgan fingerprint density at radius 3 is 2.29 bits per heavy atom. The summed E-state index contributed by atoms with van der Waals surface area (Å²) in [4.78, 5) is 0. The summed E-state index contributed by atoms with van der Waals surface area (Å²) in [6.07, 6.45) is 13.4. The molecule has 1 saturated heterocycles. The van der Waals surface area contributed by atoms with Crippen LogP contribution in [0.25, 0.3) is 0 Å². The molecule has 1 heterocycles. The van der Waals surface area contributed by atoms with Crippen LogP contribution in [0.15, 0.2) is 0 Å². The summed E-state index contributed by atoms with van der Waals surface area (Å²) in [5.41, 5.74) is 0.501. The van der Waals surface area contributed by atoms with Crippen LogP contribution in [0, 0.1) is 41.4 Å². The SMILES string of the molecule is CC(C)(C)C1CCC2C(C1)C1C3CCCCC3[CH]C1N2[Si](C)(C)C. The molecule has 0 amide bonds. The van der Waals surface area contributed by atoms with Crippen LogP contribution in [0.2, 0.25) is 19.6 Å². The summed E-state index contributed by atoms with van der Waals surface area (Å²) < 4.78 is 3.12. The first-order chi connectivity index (χ1) is 11.2. The molecule has 0 aromatic rings. The molecule has 1 radical (unpaired) electrons. The molecular formula is C22H40NSi. The minimum Gasteiger partial charge on any atom is -0.318 e. The van der Waals surface area contributed by atoms with E-state index in [1.807, 2.05) is 0 Å². The average molecular weight is 347 g/mol. The van der Waals surface area contributed by atoms with Gasteiger partial charge in [0.15, 0.2) is 0 Å². The first kappa shape index (κ1) is 17.6. The van der Waals surface area contributed by atoms with Crippen molar-refractivity contribution in [3.63, 3.8) is 0 Å². The van der Waals surface area contributed by atoms with E-state index in [-0.39, 0.29) is 0 Å². The Morgan fingerprint density at radius 1 is 0.917 bits per heavy atom. The highest BCUT2D eigenvalue weighted by Crippen LogP contribution is 2.60. The van der Waals surface area contributed by atoms with Gasteiger partial charge in [-0.2, -0.15) is 0 Å². The van der Waals surface area contributed by atoms with Crippen LogP contribution in [0.5, 0.6) is 0 Å². The Kier molecular flexibility index (Phi) is 4.28. The number of hydrogen-bond acceptors (Lipinski definition) is 1. The fourth-order valence-electron chi connectivity index (χ4n) is 7.29. The van der Waals surface area contributed by atoms with E-state index in [0.29, 0.717) is 5.41 Å². The molecular weight excluding hydrogens is 306 g/mol. The monoisotopic (exact) mass is 346 g/mol. The van der Waals surface area contributed by atoms with E-state index in [9.17, 15) is 0 Å². The minimum atomic E-state index is -1.25. The minimum absolute atomic E-state index is 0.501. The smallest absolute Gasteiger partial charge is 0.119 e. The second-order valence-corrected chi connectivity index (χ2v) is 16.4. The highest BCUT2D eigenvalue weighted by Gasteiger charge is 2.60. The molecule has 3 saturated carbocycles. The molecule has 0 N–H and O–H groups in total. The Morgan fingerprint density at radius 2 is 1.62 bits per heavy atom. The average Bonchev–Trinajstić information content (AvgIpc) is 2.98. The molecule has 1 aliphatic heterocycles. The van der Waals surface area contributed by atoms with Crippen LogP contribution in [-0.4, -0.2) is 24.9 Å². The molecule has 4 fully saturated rings. The van der Waals surface area contributed by atoms with Gasteiger partial charge in [-0.25, -0.2) is 0 Å². The van der Waals surface area contributed by atoms with E-state index in [1.165, 1.54) is 44.9 Å². The van der Waals surface area contributed by atoms with Gasteiger partial charge in [0.05, 0.1) is 0 Å². The molecule has 24 heavy (non-hydrogen) atoms. The largest absolute Gasteiger partial charge is 0.318 e. The van der Waals surface area contributed by atoms with Crippen LogP contribution in [0.4, 0.5) is 0 Å². The summed E-state index contributed by atoms with van der Waals surface area (Å²) in [6.45, 7) is 15.3. The van der Waals surface area contributed by atoms with Crippen LogP contribution in [0.1, 0.15) is 65.7 Å². The molecule has 7 unspecified atom stereocenters. The zero-order valence-electron chi connectivity index (χ0n) is 17.0. The number of fused-ring (bicyclic) bond motifs is 5. The van der Waals surface area contributed by atoms with Crippen LogP contribution < -0.4 is 0 Å². The predicted molar refractivity (Wildman–Crippen MR) is 106 cm³/mol. The Labute approximate surface area is 152 Å². The summed E-state index contributed by atoms with van der Waals surface area (Å²) >= 11 is 0. The molecule has 0 aromatic heterocycles. The van der Waals surface area contributed by atoms with Gasteiger partial charge in [0.25, 0.3) is 0 Å². The third kappa shape index (κ3) is 2.75. The van der Waals surface area contributed by atoms with E-state index in [0.717, 1.165) is 41.7 Å². The normalized spacial score (nSPS) is 46.5. The fourth-order valence-corrected chi connectivity index (χ4v) is 9.76. The van der Waals surface area contributed by atoms with Gasteiger partial charge in [-0.1, -0.05) is 53.3 Å². The first-order valence-corrected chi connectivity index (χ1v) is 14.3. The van der Waals surface area contributed by atoms with Crippen molar-refractivity contribution in [3.05, 3.63) is 6.42 Å². The van der Waals surface area contributed by atoms with Crippen LogP contribution >= 0.6 is 0 Å². The molecule has 137 valence electrons. The van der Waals surface area contributed by atoms with Crippen molar-refractivity contribution in [2.45, 2.75) is 97.4 Å². The van der Waals surface area contributed by atoms with Gasteiger partial charge < -0.3 is 4.57 Å². The molecule has 1 nitrogen and oxygen atoms in total. The maximum atomic E-state index is 3.12. The van der Waals surface area contributed by atoms with Crippen molar-refractivity contribution in [1.29, 1.82) is 0 Å². The lowest BCUT2D eigenvalue weighted by atomic mass is 9.63. The van der Waals surface area contributed by atoms with E-state index in [2.05, 4.69) is 51.4 Å². The Balaban J connectivity index is 1.65. The summed E-state index contributed by atoms with van der Waals surface area (Å²) in [7, 11) is -1.25. The van der Waals surface area contributed by atoms with Gasteiger partial charge in [0.2, 0.25) is 0 Å². The number of hydrogen-bond donors (Lipinski definition) is 0. The lowest BCUT2D eigenvalue weighted by Crippen LogP contribution is -2.54. The fraction of sp³-hybridized carbons (Fsp3) is 0.955. The molecule has 0 aromatic carbocycles. The van der Waals surface area contributed by atoms with Gasteiger partial charge in [-0.05, 0) is 73.5 Å². The van der Waals surface area contributed by atoms with Gasteiger partial charge in [0, 0.05) is 12.1 Å². The van der Waals surface area contributed by atoms with Crippen LogP contribution in [0.3, 0.4) is 0 Å². The summed E-state index contributed by atoms with van der Waals surface area (Å²) in [5, 5.41) is 0. The number of nitrogens with zero attached hydrogens (tertiary/aromatic N) is 1. The van der Waals surface area contributed by atoms with E-state index in [4.69, 9.17) is 0 Å².